The van der Waals surface area contributed by atoms with Gasteiger partial charge in [-0.25, -0.2) is 4.98 Å². The molecule has 2 rings (SSSR count). The van der Waals surface area contributed by atoms with Crippen LogP contribution in [0.25, 0.3) is 0 Å². The van der Waals surface area contributed by atoms with E-state index < -0.39 is 0 Å². The summed E-state index contributed by atoms with van der Waals surface area (Å²) >= 11 is 0. The molecule has 108 valence electrons. The average Bonchev–Trinajstić information content (AvgIpc) is 2.85. The number of aromatic nitrogens is 3. The molecular weight excluding hydrogens is 252 g/mol. The van der Waals surface area contributed by atoms with Crippen LogP contribution in [-0.4, -0.2) is 27.9 Å². The molecule has 1 atom stereocenters. The van der Waals surface area contributed by atoms with Crippen LogP contribution in [0.2, 0.25) is 0 Å². The van der Waals surface area contributed by atoms with Crippen LogP contribution >= 0.6 is 0 Å². The van der Waals surface area contributed by atoms with E-state index in [1.807, 2.05) is 30.8 Å². The van der Waals surface area contributed by atoms with Gasteiger partial charge in [-0.1, -0.05) is 19.1 Å². The van der Waals surface area contributed by atoms with Crippen molar-refractivity contribution in [1.29, 1.82) is 0 Å². The van der Waals surface area contributed by atoms with Crippen LogP contribution in [0.1, 0.15) is 31.3 Å². The Kier molecular flexibility index (Phi) is 5.12. The van der Waals surface area contributed by atoms with Crippen molar-refractivity contribution < 1.29 is 4.74 Å². The normalized spacial score (nSPS) is 12.3. The van der Waals surface area contributed by atoms with Crippen molar-refractivity contribution in [2.45, 2.75) is 26.3 Å². The van der Waals surface area contributed by atoms with Gasteiger partial charge >= 0.3 is 0 Å². The Morgan fingerprint density at radius 1 is 1.35 bits per heavy atom. The summed E-state index contributed by atoms with van der Waals surface area (Å²) in [7, 11) is 1.92. The quantitative estimate of drug-likeness (QED) is 0.840. The SMILES string of the molecule is CCNC(Cc1ncnn1C)c1cccc(OCC)c1. The number of hydrogen-bond acceptors (Lipinski definition) is 4. The predicted molar refractivity (Wildman–Crippen MR) is 78.7 cm³/mol. The van der Waals surface area contributed by atoms with E-state index in [2.05, 4.69) is 34.5 Å². The van der Waals surface area contributed by atoms with E-state index >= 15 is 0 Å². The molecule has 0 amide bonds. The van der Waals surface area contributed by atoms with Gasteiger partial charge in [0.2, 0.25) is 0 Å². The van der Waals surface area contributed by atoms with Gasteiger partial charge in [-0.15, -0.1) is 0 Å². The number of nitrogens with one attached hydrogen (secondary N) is 1. The second-order valence-corrected chi connectivity index (χ2v) is 4.62. The fourth-order valence-corrected chi connectivity index (χ4v) is 2.23. The molecule has 0 saturated heterocycles. The van der Waals surface area contributed by atoms with Crippen molar-refractivity contribution in [2.75, 3.05) is 13.2 Å². The van der Waals surface area contributed by atoms with E-state index in [0.717, 1.165) is 24.5 Å². The first kappa shape index (κ1) is 14.5. The Morgan fingerprint density at radius 3 is 2.85 bits per heavy atom. The zero-order valence-corrected chi connectivity index (χ0v) is 12.3. The van der Waals surface area contributed by atoms with Gasteiger partial charge in [0.1, 0.15) is 17.9 Å². The zero-order valence-electron chi connectivity index (χ0n) is 12.3. The van der Waals surface area contributed by atoms with Crippen LogP contribution in [0, 0.1) is 0 Å². The first-order chi connectivity index (χ1) is 9.74. The summed E-state index contributed by atoms with van der Waals surface area (Å²) in [6.07, 6.45) is 2.40. The third-order valence-corrected chi connectivity index (χ3v) is 3.21. The van der Waals surface area contributed by atoms with Crippen LogP contribution < -0.4 is 10.1 Å². The summed E-state index contributed by atoms with van der Waals surface area (Å²) < 4.78 is 7.39. The molecule has 0 bridgehead atoms. The molecule has 1 heterocycles. The molecule has 0 saturated carbocycles. The Balaban J connectivity index is 2.19. The molecule has 0 spiro atoms. The number of aryl methyl sites for hydroxylation is 1. The summed E-state index contributed by atoms with van der Waals surface area (Å²) in [4.78, 5) is 4.30. The zero-order chi connectivity index (χ0) is 14.4. The lowest BCUT2D eigenvalue weighted by Gasteiger charge is -2.18. The van der Waals surface area contributed by atoms with Crippen LogP contribution in [0.3, 0.4) is 0 Å². The highest BCUT2D eigenvalue weighted by molar-refractivity contribution is 5.31. The second-order valence-electron chi connectivity index (χ2n) is 4.62. The molecule has 5 heteroatoms. The summed E-state index contributed by atoms with van der Waals surface area (Å²) in [5.41, 5.74) is 1.21. The topological polar surface area (TPSA) is 52.0 Å². The van der Waals surface area contributed by atoms with Crippen molar-refractivity contribution in [3.63, 3.8) is 0 Å². The van der Waals surface area contributed by atoms with Crippen molar-refractivity contribution >= 4 is 0 Å². The molecule has 1 aromatic heterocycles. The van der Waals surface area contributed by atoms with E-state index in [1.54, 1.807) is 6.33 Å². The highest BCUT2D eigenvalue weighted by Crippen LogP contribution is 2.22. The molecule has 0 radical (unpaired) electrons. The molecule has 1 N–H and O–H groups in total. The minimum absolute atomic E-state index is 0.211. The van der Waals surface area contributed by atoms with E-state index in [-0.39, 0.29) is 6.04 Å². The molecule has 1 aromatic carbocycles. The summed E-state index contributed by atoms with van der Waals surface area (Å²) in [5.74, 6) is 1.88. The largest absolute Gasteiger partial charge is 0.494 e. The van der Waals surface area contributed by atoms with Crippen molar-refractivity contribution in [3.8, 4) is 5.75 Å². The standard InChI is InChI=1S/C15H22N4O/c1-4-16-14(10-15-17-11-18-19(15)3)12-7-6-8-13(9-12)20-5-2/h6-9,11,14,16H,4-5,10H2,1-3H3. The molecule has 0 aliphatic heterocycles. The Hall–Kier alpha value is -1.88. The first-order valence-electron chi connectivity index (χ1n) is 7.03. The summed E-state index contributed by atoms with van der Waals surface area (Å²) in [6.45, 7) is 5.68. The molecule has 0 aliphatic carbocycles. The van der Waals surface area contributed by atoms with Gasteiger partial charge in [-0.2, -0.15) is 5.10 Å². The molecule has 5 nitrogen and oxygen atoms in total. The minimum Gasteiger partial charge on any atom is -0.494 e. The monoisotopic (exact) mass is 274 g/mol. The maximum Gasteiger partial charge on any atom is 0.138 e. The van der Waals surface area contributed by atoms with Gasteiger partial charge in [0.25, 0.3) is 0 Å². The molecule has 0 aliphatic rings. The second kappa shape index (κ2) is 7.05. The molecular formula is C15H22N4O. The van der Waals surface area contributed by atoms with Crippen LogP contribution in [0.4, 0.5) is 0 Å². The fraction of sp³-hybridized carbons (Fsp3) is 0.467. The Labute approximate surface area is 120 Å². The number of likely N-dealkylation sites (N-methyl/N-ethyl adjacent to an activating group) is 1. The van der Waals surface area contributed by atoms with Gasteiger partial charge in [0, 0.05) is 19.5 Å². The van der Waals surface area contributed by atoms with E-state index in [1.165, 1.54) is 5.56 Å². The lowest BCUT2D eigenvalue weighted by Crippen LogP contribution is -2.24. The number of ether oxygens (including phenoxy) is 1. The van der Waals surface area contributed by atoms with Gasteiger partial charge in [-0.05, 0) is 31.2 Å². The Bertz CT molecular complexity index is 538. The number of rotatable bonds is 7. The molecule has 20 heavy (non-hydrogen) atoms. The van der Waals surface area contributed by atoms with Gasteiger partial charge in [-0.3, -0.25) is 4.68 Å². The number of hydrogen-bond donors (Lipinski definition) is 1. The van der Waals surface area contributed by atoms with E-state index in [9.17, 15) is 0 Å². The highest BCUT2D eigenvalue weighted by Gasteiger charge is 2.14. The van der Waals surface area contributed by atoms with Crippen molar-refractivity contribution in [3.05, 3.63) is 42.0 Å². The lowest BCUT2D eigenvalue weighted by molar-refractivity contribution is 0.339. The van der Waals surface area contributed by atoms with Crippen molar-refractivity contribution in [1.82, 2.24) is 20.1 Å². The lowest BCUT2D eigenvalue weighted by atomic mass is 10.0. The fourth-order valence-electron chi connectivity index (χ4n) is 2.23. The highest BCUT2D eigenvalue weighted by atomic mass is 16.5. The maximum absolute atomic E-state index is 5.57. The third kappa shape index (κ3) is 3.57. The molecule has 2 aromatic rings. The maximum atomic E-state index is 5.57. The van der Waals surface area contributed by atoms with Gasteiger partial charge < -0.3 is 10.1 Å². The summed E-state index contributed by atoms with van der Waals surface area (Å²) in [6, 6.07) is 8.43. The van der Waals surface area contributed by atoms with Crippen LogP contribution in [-0.2, 0) is 13.5 Å². The number of nitrogens with zero attached hydrogens (tertiary/aromatic N) is 3. The first-order valence-corrected chi connectivity index (χ1v) is 7.03. The average molecular weight is 274 g/mol. The summed E-state index contributed by atoms with van der Waals surface area (Å²) in [5, 5.41) is 7.62. The Morgan fingerprint density at radius 2 is 2.20 bits per heavy atom. The van der Waals surface area contributed by atoms with Gasteiger partial charge in [0.05, 0.1) is 6.61 Å². The van der Waals surface area contributed by atoms with Crippen LogP contribution in [0.15, 0.2) is 30.6 Å². The minimum atomic E-state index is 0.211. The van der Waals surface area contributed by atoms with Gasteiger partial charge in [0.15, 0.2) is 0 Å². The molecule has 1 unspecified atom stereocenters. The van der Waals surface area contributed by atoms with E-state index in [4.69, 9.17) is 4.74 Å². The third-order valence-electron chi connectivity index (χ3n) is 3.21. The smallest absolute Gasteiger partial charge is 0.138 e. The van der Waals surface area contributed by atoms with Crippen molar-refractivity contribution in [2.24, 2.45) is 7.05 Å². The number of benzene rings is 1. The predicted octanol–water partition coefficient (Wildman–Crippen LogP) is 2.11. The van der Waals surface area contributed by atoms with Crippen LogP contribution in [0.5, 0.6) is 5.75 Å². The molecule has 0 fully saturated rings. The van der Waals surface area contributed by atoms with E-state index in [0.29, 0.717) is 6.61 Å².